The number of rotatable bonds is 5. The van der Waals surface area contributed by atoms with E-state index in [0.717, 1.165) is 0 Å². The maximum absolute atomic E-state index is 11.9. The van der Waals surface area contributed by atoms with Crippen molar-refractivity contribution in [3.63, 3.8) is 0 Å². The maximum atomic E-state index is 11.9. The SMILES string of the molecule is C=CCOCCNC(=O)N1CCS(=O)(=O)C[C@H](C)C1. The molecule has 7 heteroatoms. The largest absolute Gasteiger partial charge is 0.376 e. The number of ether oxygens (including phenoxy) is 1. The van der Waals surface area contributed by atoms with Crippen LogP contribution in [0.15, 0.2) is 12.7 Å². The van der Waals surface area contributed by atoms with E-state index in [0.29, 0.717) is 26.3 Å². The van der Waals surface area contributed by atoms with Gasteiger partial charge in [0.2, 0.25) is 0 Å². The number of hydrogen-bond donors (Lipinski definition) is 1. The van der Waals surface area contributed by atoms with E-state index in [1.807, 2.05) is 6.92 Å². The smallest absolute Gasteiger partial charge is 0.317 e. The lowest BCUT2D eigenvalue weighted by molar-refractivity contribution is 0.157. The quantitative estimate of drug-likeness (QED) is 0.582. The van der Waals surface area contributed by atoms with Gasteiger partial charge in [-0.2, -0.15) is 0 Å². The highest BCUT2D eigenvalue weighted by Gasteiger charge is 2.26. The number of carbonyl (C=O) groups excluding carboxylic acids is 1. The van der Waals surface area contributed by atoms with Gasteiger partial charge in [0.05, 0.1) is 24.7 Å². The molecule has 2 amide bonds. The average Bonchev–Trinajstić information content (AvgIpc) is 2.46. The second-order valence-corrected chi connectivity index (χ2v) is 6.99. The third-order valence-corrected chi connectivity index (χ3v) is 4.67. The fourth-order valence-electron chi connectivity index (χ4n) is 1.98. The summed E-state index contributed by atoms with van der Waals surface area (Å²) in [5.74, 6) is 0.159. The molecule has 6 nitrogen and oxygen atoms in total. The summed E-state index contributed by atoms with van der Waals surface area (Å²) in [6.07, 6.45) is 1.64. The molecule has 1 fully saturated rings. The van der Waals surface area contributed by atoms with Crippen molar-refractivity contribution < 1.29 is 17.9 Å². The van der Waals surface area contributed by atoms with Gasteiger partial charge in [-0.3, -0.25) is 0 Å². The van der Waals surface area contributed by atoms with Crippen molar-refractivity contribution in [2.45, 2.75) is 6.92 Å². The highest BCUT2D eigenvalue weighted by Crippen LogP contribution is 2.10. The van der Waals surface area contributed by atoms with E-state index in [-0.39, 0.29) is 30.0 Å². The molecule has 1 saturated heterocycles. The van der Waals surface area contributed by atoms with Crippen molar-refractivity contribution in [1.82, 2.24) is 10.2 Å². The Morgan fingerprint density at radius 2 is 2.32 bits per heavy atom. The second-order valence-electron chi connectivity index (χ2n) is 4.76. The van der Waals surface area contributed by atoms with Gasteiger partial charge < -0.3 is 15.0 Å². The first kappa shape index (κ1) is 16.0. The number of amides is 2. The van der Waals surface area contributed by atoms with Crippen LogP contribution in [0.4, 0.5) is 4.79 Å². The summed E-state index contributed by atoms with van der Waals surface area (Å²) in [6.45, 7) is 7.37. The third-order valence-electron chi connectivity index (χ3n) is 2.79. The van der Waals surface area contributed by atoms with Gasteiger partial charge in [0.15, 0.2) is 9.84 Å². The Kier molecular flexibility index (Phi) is 6.30. The summed E-state index contributed by atoms with van der Waals surface area (Å²) in [5, 5.41) is 2.72. The van der Waals surface area contributed by atoms with Crippen molar-refractivity contribution >= 4 is 15.9 Å². The topological polar surface area (TPSA) is 75.7 Å². The molecular formula is C12H22N2O4S. The van der Waals surface area contributed by atoms with Crippen LogP contribution in [0, 0.1) is 5.92 Å². The number of hydrogen-bond acceptors (Lipinski definition) is 4. The Hall–Kier alpha value is -1.08. The van der Waals surface area contributed by atoms with E-state index in [1.165, 1.54) is 0 Å². The first-order chi connectivity index (χ1) is 8.94. The lowest BCUT2D eigenvalue weighted by Gasteiger charge is -2.22. The maximum Gasteiger partial charge on any atom is 0.317 e. The number of nitrogens with zero attached hydrogens (tertiary/aromatic N) is 1. The van der Waals surface area contributed by atoms with Gasteiger partial charge in [0, 0.05) is 19.6 Å². The van der Waals surface area contributed by atoms with Crippen molar-refractivity contribution in [2.24, 2.45) is 5.92 Å². The average molecular weight is 290 g/mol. The number of nitrogens with one attached hydrogen (secondary N) is 1. The zero-order valence-electron chi connectivity index (χ0n) is 11.3. The van der Waals surface area contributed by atoms with Crippen LogP contribution in [0.3, 0.4) is 0 Å². The second kappa shape index (κ2) is 7.49. The van der Waals surface area contributed by atoms with Crippen LogP contribution < -0.4 is 5.32 Å². The molecular weight excluding hydrogens is 268 g/mol. The van der Waals surface area contributed by atoms with Crippen LogP contribution in [-0.4, -0.2) is 63.7 Å². The van der Waals surface area contributed by atoms with Crippen molar-refractivity contribution in [3.05, 3.63) is 12.7 Å². The summed E-state index contributed by atoms with van der Waals surface area (Å²) in [6, 6.07) is -0.230. The first-order valence-electron chi connectivity index (χ1n) is 6.36. The molecule has 19 heavy (non-hydrogen) atoms. The Balaban J connectivity index is 2.37. The van der Waals surface area contributed by atoms with E-state index in [9.17, 15) is 13.2 Å². The van der Waals surface area contributed by atoms with Crippen LogP contribution >= 0.6 is 0 Å². The van der Waals surface area contributed by atoms with Crippen LogP contribution in [0.2, 0.25) is 0 Å². The van der Waals surface area contributed by atoms with E-state index in [2.05, 4.69) is 11.9 Å². The molecule has 1 heterocycles. The Morgan fingerprint density at radius 1 is 1.58 bits per heavy atom. The summed E-state index contributed by atoms with van der Waals surface area (Å²) in [4.78, 5) is 13.4. The van der Waals surface area contributed by atoms with E-state index >= 15 is 0 Å². The van der Waals surface area contributed by atoms with E-state index < -0.39 is 9.84 Å². The number of sulfone groups is 1. The molecule has 110 valence electrons. The molecule has 0 radical (unpaired) electrons. The molecule has 1 aliphatic heterocycles. The fraction of sp³-hybridized carbons (Fsp3) is 0.750. The molecule has 1 atom stereocenters. The molecule has 0 aromatic rings. The van der Waals surface area contributed by atoms with Crippen molar-refractivity contribution in [1.29, 1.82) is 0 Å². The van der Waals surface area contributed by atoms with Crippen LogP contribution in [0.5, 0.6) is 0 Å². The number of carbonyl (C=O) groups is 1. The molecule has 0 spiro atoms. The highest BCUT2D eigenvalue weighted by molar-refractivity contribution is 7.91. The van der Waals surface area contributed by atoms with Gasteiger partial charge in [-0.1, -0.05) is 13.0 Å². The Labute approximate surface area is 114 Å². The highest BCUT2D eigenvalue weighted by atomic mass is 32.2. The molecule has 0 aromatic carbocycles. The number of urea groups is 1. The minimum absolute atomic E-state index is 0.0322. The first-order valence-corrected chi connectivity index (χ1v) is 8.18. The van der Waals surface area contributed by atoms with Crippen LogP contribution in [0.1, 0.15) is 6.92 Å². The van der Waals surface area contributed by atoms with Crippen LogP contribution in [0.25, 0.3) is 0 Å². The van der Waals surface area contributed by atoms with Gasteiger partial charge >= 0.3 is 6.03 Å². The van der Waals surface area contributed by atoms with Gasteiger partial charge in [0.1, 0.15) is 0 Å². The summed E-state index contributed by atoms with van der Waals surface area (Å²) >= 11 is 0. The van der Waals surface area contributed by atoms with E-state index in [4.69, 9.17) is 4.74 Å². The van der Waals surface area contributed by atoms with Gasteiger partial charge in [-0.15, -0.1) is 6.58 Å². The molecule has 0 saturated carbocycles. The van der Waals surface area contributed by atoms with Gasteiger partial charge in [0.25, 0.3) is 0 Å². The molecule has 1 rings (SSSR count). The summed E-state index contributed by atoms with van der Waals surface area (Å²) < 4.78 is 28.3. The zero-order valence-corrected chi connectivity index (χ0v) is 12.1. The third kappa shape index (κ3) is 6.07. The standard InChI is InChI=1S/C12H22N2O4S/c1-3-6-18-7-4-13-12(15)14-5-8-19(16,17)10-11(2)9-14/h3,11H,1,4-10H2,2H3,(H,13,15)/t11-/m1/s1. The van der Waals surface area contributed by atoms with Crippen molar-refractivity contribution in [2.75, 3.05) is 44.4 Å². The molecule has 1 N–H and O–H groups in total. The summed E-state index contributed by atoms with van der Waals surface area (Å²) in [7, 11) is -3.02. The molecule has 0 unspecified atom stereocenters. The fourth-order valence-corrected chi connectivity index (χ4v) is 3.62. The van der Waals surface area contributed by atoms with E-state index in [1.54, 1.807) is 11.0 Å². The normalized spacial score (nSPS) is 22.6. The molecule has 0 bridgehead atoms. The molecule has 0 aliphatic carbocycles. The predicted octanol–water partition coefficient (Wildman–Crippen LogP) is 0.265. The predicted molar refractivity (Wildman–Crippen MR) is 73.8 cm³/mol. The zero-order chi connectivity index (χ0) is 14.3. The summed E-state index contributed by atoms with van der Waals surface area (Å²) in [5.41, 5.74) is 0. The minimum atomic E-state index is -3.02. The van der Waals surface area contributed by atoms with Crippen molar-refractivity contribution in [3.8, 4) is 0 Å². The van der Waals surface area contributed by atoms with Crippen LogP contribution in [-0.2, 0) is 14.6 Å². The Morgan fingerprint density at radius 3 is 3.00 bits per heavy atom. The van der Waals surface area contributed by atoms with Gasteiger partial charge in [-0.25, -0.2) is 13.2 Å². The monoisotopic (exact) mass is 290 g/mol. The lowest BCUT2D eigenvalue weighted by Crippen LogP contribution is -2.43. The Bertz CT molecular complexity index is 408. The molecule has 0 aromatic heterocycles. The van der Waals surface area contributed by atoms with Gasteiger partial charge in [-0.05, 0) is 5.92 Å². The minimum Gasteiger partial charge on any atom is -0.376 e. The lowest BCUT2D eigenvalue weighted by atomic mass is 10.2. The molecule has 1 aliphatic rings.